The number of aliphatic hydroxyl groups is 1. The third-order valence-electron chi connectivity index (χ3n) is 5.95. The molecule has 4 nitrogen and oxygen atoms in total. The van der Waals surface area contributed by atoms with Crippen molar-refractivity contribution in [1.82, 2.24) is 9.97 Å². The maximum atomic E-state index is 11.5. The number of carbonyl (C=O) groups excluding carboxylic acids is 1. The van der Waals surface area contributed by atoms with E-state index in [-0.39, 0.29) is 37.1 Å². The molecule has 1 radical (unpaired) electrons. The summed E-state index contributed by atoms with van der Waals surface area (Å²) in [5, 5.41) is 14.2. The smallest absolute Gasteiger partial charge is 0.164 e. The van der Waals surface area contributed by atoms with Gasteiger partial charge in [0, 0.05) is 48.7 Å². The first kappa shape index (κ1) is 29.6. The second-order valence-electron chi connectivity index (χ2n) is 11.1. The molecule has 0 fully saturated rings. The largest absolute Gasteiger partial charge is 0.512 e. The van der Waals surface area contributed by atoms with Gasteiger partial charge in [0.25, 0.3) is 0 Å². The van der Waals surface area contributed by atoms with E-state index in [9.17, 15) is 9.90 Å². The SMILES string of the molecule is CC(C)(C)C(=O)C=C(O)C(C)(C)C.CCCCc1cnc2c3[c-]cccc3c3ccccc3c2n1.[Ir]. The minimum Gasteiger partial charge on any atom is -0.512 e. The first-order valence-corrected chi connectivity index (χ1v) is 12.4. The molecule has 5 heteroatoms. The molecule has 0 saturated carbocycles. The minimum absolute atomic E-state index is 0. The van der Waals surface area contributed by atoms with E-state index in [1.165, 1.54) is 28.7 Å². The van der Waals surface area contributed by atoms with Crippen LogP contribution in [0.4, 0.5) is 0 Å². The molecule has 36 heavy (non-hydrogen) atoms. The number of rotatable bonds is 4. The fourth-order valence-electron chi connectivity index (χ4n) is 3.61. The number of aliphatic hydroxyl groups excluding tert-OH is 1. The molecule has 0 amide bonds. The number of aromatic nitrogens is 2. The normalized spacial score (nSPS) is 12.2. The number of allylic oxidation sites excluding steroid dienone is 2. The van der Waals surface area contributed by atoms with Crippen LogP contribution in [0.5, 0.6) is 0 Å². The van der Waals surface area contributed by atoms with Crippen LogP contribution in [0.15, 0.2) is 60.5 Å². The fraction of sp³-hybridized carbons (Fsp3) is 0.387. The molecule has 0 bridgehead atoms. The number of fused-ring (bicyclic) bond motifs is 6. The van der Waals surface area contributed by atoms with Gasteiger partial charge in [-0.25, -0.2) is 0 Å². The summed E-state index contributed by atoms with van der Waals surface area (Å²) in [6.45, 7) is 13.3. The number of hydrogen-bond acceptors (Lipinski definition) is 4. The van der Waals surface area contributed by atoms with E-state index in [0.29, 0.717) is 0 Å². The predicted octanol–water partition coefficient (Wildman–Crippen LogP) is 8.17. The van der Waals surface area contributed by atoms with Gasteiger partial charge in [0.1, 0.15) is 5.76 Å². The van der Waals surface area contributed by atoms with E-state index in [1.54, 1.807) is 0 Å². The number of nitrogens with zero attached hydrogens (tertiary/aromatic N) is 2. The maximum absolute atomic E-state index is 11.5. The van der Waals surface area contributed by atoms with Crippen LogP contribution in [-0.4, -0.2) is 20.9 Å². The van der Waals surface area contributed by atoms with Crippen LogP contribution in [-0.2, 0) is 31.3 Å². The van der Waals surface area contributed by atoms with Crippen LogP contribution in [0, 0.1) is 16.9 Å². The first-order valence-electron chi connectivity index (χ1n) is 12.4. The van der Waals surface area contributed by atoms with Gasteiger partial charge in [0.15, 0.2) is 5.78 Å². The van der Waals surface area contributed by atoms with Crippen molar-refractivity contribution in [3.8, 4) is 0 Å². The average molecular weight is 662 g/mol. The van der Waals surface area contributed by atoms with Gasteiger partial charge in [-0.1, -0.05) is 89.9 Å². The zero-order valence-electron chi connectivity index (χ0n) is 22.4. The van der Waals surface area contributed by atoms with Crippen LogP contribution in [0.25, 0.3) is 32.6 Å². The Kier molecular flexibility index (Phi) is 9.93. The zero-order valence-corrected chi connectivity index (χ0v) is 24.8. The van der Waals surface area contributed by atoms with Crippen molar-refractivity contribution in [1.29, 1.82) is 0 Å². The molecular weight excluding hydrogens is 625 g/mol. The molecule has 0 saturated heterocycles. The molecule has 1 heterocycles. The van der Waals surface area contributed by atoms with Crippen molar-refractivity contribution in [3.63, 3.8) is 0 Å². The van der Waals surface area contributed by atoms with Crippen molar-refractivity contribution in [2.45, 2.75) is 67.7 Å². The second kappa shape index (κ2) is 12.1. The summed E-state index contributed by atoms with van der Waals surface area (Å²) in [5.41, 5.74) is 2.27. The Morgan fingerprint density at radius 2 is 1.58 bits per heavy atom. The van der Waals surface area contributed by atoms with E-state index < -0.39 is 5.41 Å². The molecule has 1 aromatic heterocycles. The van der Waals surface area contributed by atoms with Crippen molar-refractivity contribution in [3.05, 3.63) is 72.3 Å². The van der Waals surface area contributed by atoms with Gasteiger partial charge in [0.2, 0.25) is 0 Å². The Hall–Kier alpha value is -2.62. The molecule has 4 aromatic rings. The summed E-state index contributed by atoms with van der Waals surface area (Å²) in [4.78, 5) is 21.1. The number of unbranched alkanes of at least 4 members (excludes halogenated alkanes) is 1. The quantitative estimate of drug-likeness (QED) is 0.104. The molecule has 0 aliphatic carbocycles. The summed E-state index contributed by atoms with van der Waals surface area (Å²) < 4.78 is 0. The van der Waals surface area contributed by atoms with Gasteiger partial charge in [-0.15, -0.1) is 29.7 Å². The molecule has 1 N–H and O–H groups in total. The summed E-state index contributed by atoms with van der Waals surface area (Å²) in [6, 6.07) is 17.9. The third kappa shape index (κ3) is 6.99. The molecule has 0 unspecified atom stereocenters. The molecule has 4 rings (SSSR count). The van der Waals surface area contributed by atoms with Gasteiger partial charge in [0.05, 0.1) is 11.2 Å². The van der Waals surface area contributed by atoms with Crippen LogP contribution < -0.4 is 0 Å². The number of hydrogen-bond donors (Lipinski definition) is 1. The van der Waals surface area contributed by atoms with Crippen LogP contribution in [0.3, 0.4) is 0 Å². The van der Waals surface area contributed by atoms with Crippen LogP contribution in [0.1, 0.15) is 67.0 Å². The molecule has 0 atom stereocenters. The zero-order chi connectivity index (χ0) is 25.8. The number of carbonyl (C=O) groups is 1. The number of ketones is 1. The molecule has 0 aliphatic rings. The Morgan fingerprint density at radius 3 is 2.19 bits per heavy atom. The Morgan fingerprint density at radius 1 is 0.944 bits per heavy atom. The van der Waals surface area contributed by atoms with Gasteiger partial charge in [-0.2, -0.15) is 0 Å². The number of benzene rings is 3. The summed E-state index contributed by atoms with van der Waals surface area (Å²) in [6.07, 6.45) is 6.57. The van der Waals surface area contributed by atoms with E-state index in [4.69, 9.17) is 9.97 Å². The van der Waals surface area contributed by atoms with Crippen LogP contribution in [0.2, 0.25) is 0 Å². The minimum atomic E-state index is -0.417. The van der Waals surface area contributed by atoms with Crippen molar-refractivity contribution in [2.75, 3.05) is 0 Å². The topological polar surface area (TPSA) is 63.1 Å². The molecule has 0 spiro atoms. The second-order valence-corrected chi connectivity index (χ2v) is 11.1. The monoisotopic (exact) mass is 662 g/mol. The summed E-state index contributed by atoms with van der Waals surface area (Å²) >= 11 is 0. The van der Waals surface area contributed by atoms with Crippen molar-refractivity contribution in [2.24, 2.45) is 10.8 Å². The van der Waals surface area contributed by atoms with E-state index in [1.807, 2.05) is 59.9 Å². The van der Waals surface area contributed by atoms with Crippen molar-refractivity contribution < 1.29 is 30.0 Å². The Labute approximate surface area is 228 Å². The fourth-order valence-corrected chi connectivity index (χ4v) is 3.61. The molecule has 3 aromatic carbocycles. The molecular formula is C31H37IrN2O2-. The van der Waals surface area contributed by atoms with Crippen molar-refractivity contribution >= 4 is 38.4 Å². The summed E-state index contributed by atoms with van der Waals surface area (Å²) in [7, 11) is 0. The third-order valence-corrected chi connectivity index (χ3v) is 5.95. The van der Waals surface area contributed by atoms with Gasteiger partial charge in [-0.05, 0) is 18.2 Å². The first-order chi connectivity index (χ1) is 16.4. The van der Waals surface area contributed by atoms with E-state index in [0.717, 1.165) is 35.0 Å². The van der Waals surface area contributed by atoms with Gasteiger partial charge >= 0.3 is 0 Å². The Bertz CT molecular complexity index is 1340. The van der Waals surface area contributed by atoms with Gasteiger partial charge < -0.3 is 10.1 Å². The van der Waals surface area contributed by atoms with Crippen LogP contribution >= 0.6 is 0 Å². The van der Waals surface area contributed by atoms with E-state index >= 15 is 0 Å². The standard InChI is InChI=1S/C20H17N2.C11H20O2.Ir/c1-2-3-8-14-13-21-19-17-11-6-4-9-15(17)16-10-5-7-12-18(16)20(19)22-14;1-10(2,3)8(12)7-9(13)11(4,5)6;/h4-7,9-10,12-13H,2-3,8H2,1H3;7,12H,1-6H3;/q-1;;. The Balaban J connectivity index is 0.000000285. The van der Waals surface area contributed by atoms with Gasteiger partial charge in [-0.3, -0.25) is 9.78 Å². The maximum Gasteiger partial charge on any atom is 0.164 e. The average Bonchev–Trinajstić information content (AvgIpc) is 2.82. The number of aryl methyl sites for hydroxylation is 1. The van der Waals surface area contributed by atoms with E-state index in [2.05, 4.69) is 43.3 Å². The summed E-state index contributed by atoms with van der Waals surface area (Å²) in [5.74, 6) is 0.104. The molecule has 193 valence electrons. The molecule has 0 aliphatic heterocycles. The predicted molar refractivity (Wildman–Crippen MR) is 147 cm³/mol.